The van der Waals surface area contributed by atoms with Gasteiger partial charge in [-0.25, -0.2) is 0 Å². The third kappa shape index (κ3) is 2.93. The predicted molar refractivity (Wildman–Crippen MR) is 83.1 cm³/mol. The van der Waals surface area contributed by atoms with Crippen LogP contribution < -0.4 is 0 Å². The summed E-state index contributed by atoms with van der Waals surface area (Å²) in [5.74, 6) is -0.893. The van der Waals surface area contributed by atoms with Crippen LogP contribution >= 0.6 is 0 Å². The Morgan fingerprint density at radius 2 is 2.00 bits per heavy atom. The molecule has 22 heavy (non-hydrogen) atoms. The van der Waals surface area contributed by atoms with Gasteiger partial charge >= 0.3 is 5.97 Å². The number of Topliss-reactive ketones (excluding diaryl/α,β-unsaturated/α-hetero) is 1. The van der Waals surface area contributed by atoms with Crippen LogP contribution in [0.15, 0.2) is 30.3 Å². The first-order valence-electron chi connectivity index (χ1n) is 8.09. The van der Waals surface area contributed by atoms with Crippen molar-refractivity contribution in [1.29, 1.82) is 0 Å². The standard InChI is InChI=1S/C18H23NO3/c1-12(2)22-18(21)17-15-9-8-14(10-16(17)20)19(15)11-13-6-4-3-5-7-13/h3-7,12,14-15,17H,8-11H2,1-2H3/t14-,15+,17?/m0/s1. The maximum Gasteiger partial charge on any atom is 0.318 e. The van der Waals surface area contributed by atoms with Crippen LogP contribution in [0.1, 0.15) is 38.7 Å². The molecule has 0 N–H and O–H groups in total. The highest BCUT2D eigenvalue weighted by Gasteiger charge is 2.50. The summed E-state index contributed by atoms with van der Waals surface area (Å²) in [7, 11) is 0. The third-order valence-electron chi connectivity index (χ3n) is 4.67. The zero-order valence-electron chi connectivity index (χ0n) is 13.2. The van der Waals surface area contributed by atoms with Gasteiger partial charge in [-0.3, -0.25) is 14.5 Å². The molecule has 1 unspecified atom stereocenters. The first kappa shape index (κ1) is 15.2. The Morgan fingerprint density at radius 3 is 2.68 bits per heavy atom. The van der Waals surface area contributed by atoms with E-state index in [1.54, 1.807) is 0 Å². The van der Waals surface area contributed by atoms with Crippen molar-refractivity contribution in [2.75, 3.05) is 0 Å². The zero-order chi connectivity index (χ0) is 15.7. The summed E-state index contributed by atoms with van der Waals surface area (Å²) in [5.41, 5.74) is 1.23. The number of benzene rings is 1. The first-order valence-corrected chi connectivity index (χ1v) is 8.09. The molecule has 4 nitrogen and oxygen atoms in total. The largest absolute Gasteiger partial charge is 0.462 e. The fourth-order valence-electron chi connectivity index (χ4n) is 3.75. The second-order valence-electron chi connectivity index (χ2n) is 6.59. The minimum Gasteiger partial charge on any atom is -0.462 e. The van der Waals surface area contributed by atoms with Crippen molar-refractivity contribution in [3.63, 3.8) is 0 Å². The van der Waals surface area contributed by atoms with Gasteiger partial charge in [0.1, 0.15) is 11.7 Å². The summed E-state index contributed by atoms with van der Waals surface area (Å²) < 4.78 is 5.32. The van der Waals surface area contributed by atoms with Crippen molar-refractivity contribution < 1.29 is 14.3 Å². The molecule has 0 saturated carbocycles. The third-order valence-corrected chi connectivity index (χ3v) is 4.67. The average molecular weight is 301 g/mol. The number of carbonyl (C=O) groups is 2. The van der Waals surface area contributed by atoms with Gasteiger partial charge in [0, 0.05) is 25.0 Å². The van der Waals surface area contributed by atoms with E-state index >= 15 is 0 Å². The molecule has 3 atom stereocenters. The molecule has 1 aromatic rings. The molecule has 0 spiro atoms. The van der Waals surface area contributed by atoms with Crippen molar-refractivity contribution in [3.05, 3.63) is 35.9 Å². The molecule has 2 bridgehead atoms. The van der Waals surface area contributed by atoms with Crippen LogP contribution in [0.2, 0.25) is 0 Å². The van der Waals surface area contributed by atoms with Gasteiger partial charge < -0.3 is 4.74 Å². The monoisotopic (exact) mass is 301 g/mol. The Labute approximate surface area is 131 Å². The first-order chi connectivity index (χ1) is 10.6. The molecule has 2 heterocycles. The summed E-state index contributed by atoms with van der Waals surface area (Å²) in [6.45, 7) is 4.45. The number of hydrogen-bond donors (Lipinski definition) is 0. The highest BCUT2D eigenvalue weighted by atomic mass is 16.5. The lowest BCUT2D eigenvalue weighted by Gasteiger charge is -2.38. The Bertz CT molecular complexity index is 555. The quantitative estimate of drug-likeness (QED) is 0.633. The summed E-state index contributed by atoms with van der Waals surface area (Å²) in [6.07, 6.45) is 2.19. The van der Waals surface area contributed by atoms with Crippen molar-refractivity contribution in [2.24, 2.45) is 5.92 Å². The summed E-state index contributed by atoms with van der Waals surface area (Å²) >= 11 is 0. The van der Waals surface area contributed by atoms with Gasteiger partial charge in [-0.15, -0.1) is 0 Å². The fourth-order valence-corrected chi connectivity index (χ4v) is 3.75. The number of nitrogens with zero attached hydrogens (tertiary/aromatic N) is 1. The Hall–Kier alpha value is -1.68. The molecule has 2 aliphatic rings. The maximum atomic E-state index is 12.3. The Morgan fingerprint density at radius 1 is 1.27 bits per heavy atom. The smallest absolute Gasteiger partial charge is 0.318 e. The molecule has 3 rings (SSSR count). The van der Waals surface area contributed by atoms with Gasteiger partial charge in [0.2, 0.25) is 0 Å². The summed E-state index contributed by atoms with van der Waals surface area (Å²) in [4.78, 5) is 27.0. The number of hydrogen-bond acceptors (Lipinski definition) is 4. The Balaban J connectivity index is 1.78. The van der Waals surface area contributed by atoms with Crippen molar-refractivity contribution in [2.45, 2.75) is 57.8 Å². The van der Waals surface area contributed by atoms with Gasteiger partial charge in [0.25, 0.3) is 0 Å². The van der Waals surface area contributed by atoms with Crippen molar-refractivity contribution >= 4 is 11.8 Å². The minimum atomic E-state index is -0.607. The molecule has 2 saturated heterocycles. The molecular weight excluding hydrogens is 278 g/mol. The normalized spacial score (nSPS) is 28.1. The average Bonchev–Trinajstić information content (AvgIpc) is 2.74. The van der Waals surface area contributed by atoms with E-state index in [-0.39, 0.29) is 29.9 Å². The number of ether oxygens (including phenoxy) is 1. The number of rotatable bonds is 4. The van der Waals surface area contributed by atoms with Crippen LogP contribution in [0, 0.1) is 5.92 Å². The van der Waals surface area contributed by atoms with Crippen LogP contribution in [-0.4, -0.2) is 34.8 Å². The van der Waals surface area contributed by atoms with E-state index in [0.29, 0.717) is 6.42 Å². The molecule has 0 radical (unpaired) electrons. The zero-order valence-corrected chi connectivity index (χ0v) is 13.2. The Kier molecular flexibility index (Phi) is 4.30. The van der Waals surface area contributed by atoms with Crippen LogP contribution in [-0.2, 0) is 20.9 Å². The minimum absolute atomic E-state index is 0.00212. The predicted octanol–water partition coefficient (Wildman–Crippen LogP) is 2.56. The van der Waals surface area contributed by atoms with Gasteiger partial charge in [0.15, 0.2) is 0 Å². The van der Waals surface area contributed by atoms with Gasteiger partial charge in [-0.1, -0.05) is 30.3 Å². The number of fused-ring (bicyclic) bond motifs is 2. The van der Waals surface area contributed by atoms with E-state index < -0.39 is 5.92 Å². The second-order valence-corrected chi connectivity index (χ2v) is 6.59. The molecule has 2 aliphatic heterocycles. The molecule has 1 aromatic carbocycles. The molecular formula is C18H23NO3. The highest BCUT2D eigenvalue weighted by molar-refractivity contribution is 6.01. The molecule has 0 aliphatic carbocycles. The number of ketones is 1. The van der Waals surface area contributed by atoms with E-state index in [1.807, 2.05) is 32.0 Å². The molecule has 0 amide bonds. The lowest BCUT2D eigenvalue weighted by atomic mass is 9.88. The molecule has 118 valence electrons. The number of esters is 1. The van der Waals surface area contributed by atoms with E-state index in [0.717, 1.165) is 19.4 Å². The molecule has 0 aromatic heterocycles. The number of piperidine rings is 1. The fraction of sp³-hybridized carbons (Fsp3) is 0.556. The van der Waals surface area contributed by atoms with Crippen LogP contribution in [0.3, 0.4) is 0 Å². The molecule has 4 heteroatoms. The number of carbonyl (C=O) groups excluding carboxylic acids is 2. The van der Waals surface area contributed by atoms with Crippen LogP contribution in [0.5, 0.6) is 0 Å². The van der Waals surface area contributed by atoms with Gasteiger partial charge in [-0.05, 0) is 32.3 Å². The van der Waals surface area contributed by atoms with Gasteiger partial charge in [-0.2, -0.15) is 0 Å². The van der Waals surface area contributed by atoms with E-state index in [9.17, 15) is 9.59 Å². The van der Waals surface area contributed by atoms with Crippen molar-refractivity contribution in [1.82, 2.24) is 4.90 Å². The summed E-state index contributed by atoms with van der Waals surface area (Å²) in [6, 6.07) is 10.5. The lowest BCUT2D eigenvalue weighted by molar-refractivity contribution is -0.160. The van der Waals surface area contributed by atoms with E-state index in [2.05, 4.69) is 17.0 Å². The topological polar surface area (TPSA) is 46.6 Å². The summed E-state index contributed by atoms with van der Waals surface area (Å²) in [5, 5.41) is 0. The SMILES string of the molecule is CC(C)OC(=O)C1C(=O)C[C@@H]2CC[C@H]1N2Cc1ccccc1. The maximum absolute atomic E-state index is 12.3. The van der Waals surface area contributed by atoms with E-state index in [1.165, 1.54) is 5.56 Å². The van der Waals surface area contributed by atoms with E-state index in [4.69, 9.17) is 4.74 Å². The van der Waals surface area contributed by atoms with Crippen LogP contribution in [0.25, 0.3) is 0 Å². The van der Waals surface area contributed by atoms with Crippen LogP contribution in [0.4, 0.5) is 0 Å². The second kappa shape index (κ2) is 6.21. The van der Waals surface area contributed by atoms with Gasteiger partial charge in [0.05, 0.1) is 6.10 Å². The molecule has 2 fully saturated rings. The van der Waals surface area contributed by atoms with Crippen molar-refractivity contribution in [3.8, 4) is 0 Å². The highest BCUT2D eigenvalue weighted by Crippen LogP contribution is 2.39. The lowest BCUT2D eigenvalue weighted by Crippen LogP contribution is -2.52.